The van der Waals surface area contributed by atoms with Crippen molar-refractivity contribution in [1.82, 2.24) is 5.32 Å². The van der Waals surface area contributed by atoms with Crippen LogP contribution in [0.1, 0.15) is 12.0 Å². The maximum absolute atomic E-state index is 13.1. The molecule has 0 spiro atoms. The number of rotatable bonds is 4. The largest absolute Gasteiger partial charge is 0.312 e. The Morgan fingerprint density at radius 2 is 2.39 bits per heavy atom. The molecule has 1 N–H and O–H groups in total. The van der Waals surface area contributed by atoms with E-state index in [-0.39, 0.29) is 11.6 Å². The molecule has 1 aliphatic rings. The van der Waals surface area contributed by atoms with E-state index in [0.29, 0.717) is 23.4 Å². The Bertz CT molecular complexity index is 435. The topological polar surface area (TPSA) is 29.1 Å². The van der Waals surface area contributed by atoms with E-state index in [9.17, 15) is 9.18 Å². The Morgan fingerprint density at radius 3 is 3.06 bits per heavy atom. The highest BCUT2D eigenvalue weighted by Gasteiger charge is 2.17. The molecule has 0 bridgehead atoms. The van der Waals surface area contributed by atoms with E-state index in [1.54, 1.807) is 12.1 Å². The number of nitrogens with one attached hydrogen (secondary N) is 1. The molecule has 18 heavy (non-hydrogen) atoms. The molecule has 1 atom stereocenters. The zero-order valence-electron chi connectivity index (χ0n) is 9.92. The second-order valence-corrected chi connectivity index (χ2v) is 6.40. The van der Waals surface area contributed by atoms with Gasteiger partial charge in [0, 0.05) is 36.9 Å². The lowest BCUT2D eigenvalue weighted by molar-refractivity contribution is -0.118. The first-order valence-electron chi connectivity index (χ1n) is 5.92. The first-order chi connectivity index (χ1) is 8.65. The fraction of sp³-hybridized carbons (Fsp3) is 0.462. The number of Topliss-reactive ketones (excluding diaryl/α,β-unsaturated/α-hetero) is 1. The number of carbonyl (C=O) groups is 1. The smallest absolute Gasteiger partial charge is 0.138 e. The van der Waals surface area contributed by atoms with Crippen LogP contribution in [0.25, 0.3) is 0 Å². The summed E-state index contributed by atoms with van der Waals surface area (Å²) in [6, 6.07) is 5.03. The summed E-state index contributed by atoms with van der Waals surface area (Å²) in [4.78, 5) is 11.9. The summed E-state index contributed by atoms with van der Waals surface area (Å²) >= 11 is 5.02. The molecule has 0 radical (unpaired) electrons. The van der Waals surface area contributed by atoms with Crippen molar-refractivity contribution in [2.45, 2.75) is 18.9 Å². The van der Waals surface area contributed by atoms with Crippen molar-refractivity contribution in [1.29, 1.82) is 0 Å². The zero-order valence-corrected chi connectivity index (χ0v) is 12.3. The highest BCUT2D eigenvalue weighted by atomic mass is 79.9. The van der Waals surface area contributed by atoms with Crippen molar-refractivity contribution in [3.63, 3.8) is 0 Å². The van der Waals surface area contributed by atoms with Gasteiger partial charge in [-0.05, 0) is 33.6 Å². The van der Waals surface area contributed by atoms with Gasteiger partial charge in [-0.2, -0.15) is 11.8 Å². The SMILES string of the molecule is O=C(Cc1ccc(F)c(Br)c1)CC1CSCCN1. The van der Waals surface area contributed by atoms with Crippen molar-refractivity contribution in [3.05, 3.63) is 34.1 Å². The molecule has 1 heterocycles. The van der Waals surface area contributed by atoms with Crippen molar-refractivity contribution in [2.75, 3.05) is 18.1 Å². The average molecular weight is 332 g/mol. The molecule has 1 fully saturated rings. The minimum atomic E-state index is -0.295. The number of hydrogen-bond acceptors (Lipinski definition) is 3. The van der Waals surface area contributed by atoms with Crippen LogP contribution in [-0.2, 0) is 11.2 Å². The molecule has 0 saturated carbocycles. The molecule has 1 aromatic carbocycles. The Kier molecular flexibility index (Phi) is 5.21. The second-order valence-electron chi connectivity index (χ2n) is 4.39. The third kappa shape index (κ3) is 4.07. The van der Waals surface area contributed by atoms with Crippen LogP contribution in [0.5, 0.6) is 0 Å². The van der Waals surface area contributed by atoms with Crippen LogP contribution in [-0.4, -0.2) is 29.9 Å². The van der Waals surface area contributed by atoms with Gasteiger partial charge in [0.15, 0.2) is 0 Å². The zero-order chi connectivity index (χ0) is 13.0. The molecule has 1 saturated heterocycles. The van der Waals surface area contributed by atoms with Gasteiger partial charge in [0.1, 0.15) is 11.6 Å². The summed E-state index contributed by atoms with van der Waals surface area (Å²) in [5, 5.41) is 3.35. The molecular weight excluding hydrogens is 317 g/mol. The van der Waals surface area contributed by atoms with Crippen molar-refractivity contribution < 1.29 is 9.18 Å². The summed E-state index contributed by atoms with van der Waals surface area (Å²) in [6.07, 6.45) is 0.934. The molecule has 0 aromatic heterocycles. The van der Waals surface area contributed by atoms with Crippen LogP contribution >= 0.6 is 27.7 Å². The summed E-state index contributed by atoms with van der Waals surface area (Å²) in [5.41, 5.74) is 0.858. The average Bonchev–Trinajstić information content (AvgIpc) is 2.35. The Morgan fingerprint density at radius 1 is 1.56 bits per heavy atom. The first kappa shape index (κ1) is 14.0. The standard InChI is InChI=1S/C13H15BrFNOS/c14-12-6-9(1-2-13(12)15)5-11(17)7-10-8-18-4-3-16-10/h1-2,6,10,16H,3-5,7-8H2. The third-order valence-electron chi connectivity index (χ3n) is 2.86. The highest BCUT2D eigenvalue weighted by molar-refractivity contribution is 9.10. The predicted molar refractivity (Wildman–Crippen MR) is 76.5 cm³/mol. The summed E-state index contributed by atoms with van der Waals surface area (Å²) in [6.45, 7) is 0.977. The van der Waals surface area contributed by atoms with Crippen molar-refractivity contribution >= 4 is 33.5 Å². The van der Waals surface area contributed by atoms with Crippen LogP contribution in [0.3, 0.4) is 0 Å². The number of benzene rings is 1. The van der Waals surface area contributed by atoms with Gasteiger partial charge in [-0.1, -0.05) is 6.07 Å². The van der Waals surface area contributed by atoms with Crippen LogP contribution in [0, 0.1) is 5.82 Å². The summed E-state index contributed by atoms with van der Waals surface area (Å²) < 4.78 is 13.5. The van der Waals surface area contributed by atoms with E-state index in [1.807, 2.05) is 11.8 Å². The molecule has 0 aliphatic carbocycles. The van der Waals surface area contributed by atoms with E-state index in [2.05, 4.69) is 21.2 Å². The molecule has 1 unspecified atom stereocenters. The molecule has 1 aliphatic heterocycles. The number of thioether (sulfide) groups is 1. The Hall–Kier alpha value is -0.390. The van der Waals surface area contributed by atoms with Crippen LogP contribution in [0.4, 0.5) is 4.39 Å². The molecule has 98 valence electrons. The highest BCUT2D eigenvalue weighted by Crippen LogP contribution is 2.18. The molecule has 1 aromatic rings. The van der Waals surface area contributed by atoms with Gasteiger partial charge >= 0.3 is 0 Å². The van der Waals surface area contributed by atoms with E-state index in [4.69, 9.17) is 0 Å². The Labute approximate surface area is 119 Å². The number of carbonyl (C=O) groups excluding carboxylic acids is 1. The minimum Gasteiger partial charge on any atom is -0.312 e. The Balaban J connectivity index is 1.88. The van der Waals surface area contributed by atoms with Gasteiger partial charge in [-0.25, -0.2) is 4.39 Å². The molecule has 0 amide bonds. The number of hydrogen-bond donors (Lipinski definition) is 1. The normalized spacial score (nSPS) is 19.8. The van der Waals surface area contributed by atoms with Crippen molar-refractivity contribution in [2.24, 2.45) is 0 Å². The third-order valence-corrected chi connectivity index (χ3v) is 4.60. The van der Waals surface area contributed by atoms with Crippen LogP contribution in [0.2, 0.25) is 0 Å². The summed E-state index contributed by atoms with van der Waals surface area (Å²) in [5.74, 6) is 2.03. The molecule has 2 nitrogen and oxygen atoms in total. The maximum Gasteiger partial charge on any atom is 0.138 e. The van der Waals surface area contributed by atoms with Crippen LogP contribution in [0.15, 0.2) is 22.7 Å². The molecule has 5 heteroatoms. The van der Waals surface area contributed by atoms with E-state index >= 15 is 0 Å². The monoisotopic (exact) mass is 331 g/mol. The van der Waals surface area contributed by atoms with E-state index in [0.717, 1.165) is 23.6 Å². The van der Waals surface area contributed by atoms with Gasteiger partial charge < -0.3 is 5.32 Å². The fourth-order valence-corrected chi connectivity index (χ4v) is 3.35. The van der Waals surface area contributed by atoms with Gasteiger partial charge in [-0.15, -0.1) is 0 Å². The van der Waals surface area contributed by atoms with Gasteiger partial charge in [-0.3, -0.25) is 4.79 Å². The van der Waals surface area contributed by atoms with E-state index in [1.165, 1.54) is 6.07 Å². The van der Waals surface area contributed by atoms with Crippen LogP contribution < -0.4 is 5.32 Å². The quantitative estimate of drug-likeness (QED) is 0.919. The number of ketones is 1. The predicted octanol–water partition coefficient (Wildman–Crippen LogP) is 2.79. The first-order valence-corrected chi connectivity index (χ1v) is 7.86. The van der Waals surface area contributed by atoms with Gasteiger partial charge in [0.2, 0.25) is 0 Å². The second kappa shape index (κ2) is 6.68. The molecule has 2 rings (SSSR count). The van der Waals surface area contributed by atoms with Crippen molar-refractivity contribution in [3.8, 4) is 0 Å². The maximum atomic E-state index is 13.1. The summed E-state index contributed by atoms with van der Waals surface area (Å²) in [7, 11) is 0. The fourth-order valence-electron chi connectivity index (χ4n) is 1.98. The lowest BCUT2D eigenvalue weighted by atomic mass is 10.0. The van der Waals surface area contributed by atoms with Gasteiger partial charge in [0.05, 0.1) is 4.47 Å². The lowest BCUT2D eigenvalue weighted by Crippen LogP contribution is -2.39. The lowest BCUT2D eigenvalue weighted by Gasteiger charge is -2.22. The number of halogens is 2. The minimum absolute atomic E-state index is 0.202. The van der Waals surface area contributed by atoms with Gasteiger partial charge in [0.25, 0.3) is 0 Å². The van der Waals surface area contributed by atoms with E-state index < -0.39 is 0 Å². The molecular formula is C13H15BrFNOS.